The van der Waals surface area contributed by atoms with Crippen molar-refractivity contribution in [1.82, 2.24) is 9.27 Å². The largest absolute Gasteiger partial charge is 0.416 e. The Balaban J connectivity index is 2.26. The Morgan fingerprint density at radius 2 is 2.20 bits per heavy atom. The molecule has 1 fully saturated rings. The van der Waals surface area contributed by atoms with Crippen molar-refractivity contribution in [3.63, 3.8) is 0 Å². The molecular formula is C10H10ClF3N2O3S. The molecule has 1 amide bonds. The summed E-state index contributed by atoms with van der Waals surface area (Å²) >= 11 is 6.37. The predicted octanol–water partition coefficient (Wildman–Crippen LogP) is 1.88. The first-order valence-electron chi connectivity index (χ1n) is 5.59. The number of rotatable bonds is 1. The number of nitrogens with one attached hydrogen (secondary N) is 1. The Hall–Kier alpha value is -1.06. The van der Waals surface area contributed by atoms with Crippen LogP contribution in [0.15, 0.2) is 4.79 Å². The fourth-order valence-corrected chi connectivity index (χ4v) is 2.98. The number of morpholine rings is 1. The van der Waals surface area contributed by atoms with Gasteiger partial charge in [0.1, 0.15) is 9.90 Å². The second kappa shape index (κ2) is 5.38. The van der Waals surface area contributed by atoms with Crippen LogP contribution >= 0.6 is 23.1 Å². The molecule has 20 heavy (non-hydrogen) atoms. The lowest BCUT2D eigenvalue weighted by atomic mass is 10.1. The van der Waals surface area contributed by atoms with Crippen LogP contribution in [0, 0.1) is 0 Å². The van der Waals surface area contributed by atoms with Crippen LogP contribution < -0.4 is 5.56 Å². The van der Waals surface area contributed by atoms with Gasteiger partial charge in [0, 0.05) is 6.54 Å². The average Bonchev–Trinajstić information content (AvgIpc) is 2.68. The topological polar surface area (TPSA) is 62.4 Å². The maximum absolute atomic E-state index is 12.8. The van der Waals surface area contributed by atoms with Crippen molar-refractivity contribution in [2.75, 3.05) is 13.2 Å². The van der Waals surface area contributed by atoms with Gasteiger partial charge >= 0.3 is 6.18 Å². The number of amides is 1. The molecule has 1 saturated heterocycles. The lowest BCUT2D eigenvalue weighted by Crippen LogP contribution is -2.57. The Kier molecular flexibility index (Phi) is 4.12. The van der Waals surface area contributed by atoms with Crippen molar-refractivity contribution in [2.45, 2.75) is 25.2 Å². The Morgan fingerprint density at radius 3 is 2.70 bits per heavy atom. The second-order valence-electron chi connectivity index (χ2n) is 4.25. The van der Waals surface area contributed by atoms with E-state index in [9.17, 15) is 22.8 Å². The second-order valence-corrected chi connectivity index (χ2v) is 5.44. The van der Waals surface area contributed by atoms with Crippen LogP contribution in [0.1, 0.15) is 16.6 Å². The third kappa shape index (κ3) is 2.70. The van der Waals surface area contributed by atoms with E-state index in [1.165, 1.54) is 6.92 Å². The molecule has 1 aromatic heterocycles. The highest BCUT2D eigenvalue weighted by Gasteiger charge is 2.49. The molecule has 0 bridgehead atoms. The Morgan fingerprint density at radius 1 is 1.55 bits per heavy atom. The number of aromatic amines is 1. The summed E-state index contributed by atoms with van der Waals surface area (Å²) in [4.78, 5) is 24.3. The van der Waals surface area contributed by atoms with Gasteiger partial charge in [-0.15, -0.1) is 0 Å². The van der Waals surface area contributed by atoms with Gasteiger partial charge in [-0.05, 0) is 6.92 Å². The van der Waals surface area contributed by atoms with Crippen molar-refractivity contribution < 1.29 is 22.7 Å². The minimum Gasteiger partial charge on any atom is -0.365 e. The summed E-state index contributed by atoms with van der Waals surface area (Å²) in [7, 11) is 0. The summed E-state index contributed by atoms with van der Waals surface area (Å²) in [5.74, 6) is -0.705. The molecule has 0 aromatic carbocycles. The Labute approximate surface area is 120 Å². The molecule has 1 aromatic rings. The van der Waals surface area contributed by atoms with Crippen molar-refractivity contribution in [3.05, 3.63) is 20.3 Å². The third-order valence-corrected chi connectivity index (χ3v) is 4.32. The standard InChI is InChI=1S/C10H10ClF3N2O3S/c1-4-7(10(12,13)14)19-3-2-16(4)9(18)6-5(11)8(17)15-20-6/h4,7H,2-3H2,1H3,(H,15,17). The Bertz CT molecular complexity index is 571. The van der Waals surface area contributed by atoms with Crippen LogP contribution in [-0.4, -0.2) is 46.7 Å². The van der Waals surface area contributed by atoms with E-state index in [-0.39, 0.29) is 23.1 Å². The maximum Gasteiger partial charge on any atom is 0.416 e. The molecule has 1 aliphatic rings. The van der Waals surface area contributed by atoms with Crippen LogP contribution in [0.3, 0.4) is 0 Å². The van der Waals surface area contributed by atoms with Gasteiger partial charge in [-0.1, -0.05) is 23.1 Å². The van der Waals surface area contributed by atoms with E-state index in [1.807, 2.05) is 0 Å². The van der Waals surface area contributed by atoms with Crippen LogP contribution in [-0.2, 0) is 4.74 Å². The minimum absolute atomic E-state index is 0.00893. The lowest BCUT2D eigenvalue weighted by molar-refractivity contribution is -0.246. The van der Waals surface area contributed by atoms with Gasteiger partial charge in [0.2, 0.25) is 0 Å². The number of halogens is 4. The number of carbonyl (C=O) groups excluding carboxylic acids is 1. The van der Waals surface area contributed by atoms with Gasteiger partial charge in [-0.2, -0.15) is 13.2 Å². The molecule has 0 aliphatic carbocycles. The molecule has 2 heterocycles. The number of H-pyrrole nitrogens is 1. The lowest BCUT2D eigenvalue weighted by Gasteiger charge is -2.39. The highest BCUT2D eigenvalue weighted by Crippen LogP contribution is 2.31. The number of hydrogen-bond donors (Lipinski definition) is 1. The zero-order valence-corrected chi connectivity index (χ0v) is 11.7. The van der Waals surface area contributed by atoms with Gasteiger partial charge in [0.15, 0.2) is 6.10 Å². The van der Waals surface area contributed by atoms with Crippen molar-refractivity contribution in [2.24, 2.45) is 0 Å². The first-order chi connectivity index (χ1) is 9.23. The smallest absolute Gasteiger partial charge is 0.365 e. The van der Waals surface area contributed by atoms with E-state index in [0.29, 0.717) is 11.5 Å². The summed E-state index contributed by atoms with van der Waals surface area (Å²) in [5.41, 5.74) is -0.631. The zero-order chi connectivity index (χ0) is 15.1. The van der Waals surface area contributed by atoms with E-state index in [0.717, 1.165) is 4.90 Å². The summed E-state index contributed by atoms with van der Waals surface area (Å²) < 4.78 is 45.3. The van der Waals surface area contributed by atoms with Crippen molar-refractivity contribution >= 4 is 29.0 Å². The minimum atomic E-state index is -4.56. The van der Waals surface area contributed by atoms with E-state index in [2.05, 4.69) is 9.11 Å². The highest BCUT2D eigenvalue weighted by molar-refractivity contribution is 7.08. The molecule has 2 unspecified atom stereocenters. The maximum atomic E-state index is 12.8. The molecule has 112 valence electrons. The summed E-state index contributed by atoms with van der Waals surface area (Å²) in [5, 5.41) is -0.303. The number of alkyl halides is 3. The predicted molar refractivity (Wildman–Crippen MR) is 66.2 cm³/mol. The molecule has 2 atom stereocenters. The van der Waals surface area contributed by atoms with Crippen LogP contribution in [0.2, 0.25) is 5.02 Å². The fraction of sp³-hybridized carbons (Fsp3) is 0.600. The molecular weight excluding hydrogens is 321 g/mol. The van der Waals surface area contributed by atoms with Gasteiger partial charge < -0.3 is 9.64 Å². The SMILES string of the molecule is CC1C(C(F)(F)F)OCCN1C(=O)c1s[nH]c(=O)c1Cl. The molecule has 0 saturated carbocycles. The van der Waals surface area contributed by atoms with E-state index in [1.54, 1.807) is 0 Å². The number of nitrogens with zero attached hydrogens (tertiary/aromatic N) is 1. The van der Waals surface area contributed by atoms with Crippen LogP contribution in [0.25, 0.3) is 0 Å². The number of carbonyl (C=O) groups is 1. The molecule has 0 radical (unpaired) electrons. The average molecular weight is 331 g/mol. The third-order valence-electron chi connectivity index (χ3n) is 2.98. The van der Waals surface area contributed by atoms with Gasteiger partial charge in [-0.25, -0.2) is 0 Å². The molecule has 2 rings (SSSR count). The summed E-state index contributed by atoms with van der Waals surface area (Å²) in [6, 6.07) is -1.19. The van der Waals surface area contributed by atoms with E-state index in [4.69, 9.17) is 11.6 Å². The van der Waals surface area contributed by atoms with Crippen molar-refractivity contribution in [1.29, 1.82) is 0 Å². The molecule has 1 aliphatic heterocycles. The quantitative estimate of drug-likeness (QED) is 0.855. The number of hydrogen-bond acceptors (Lipinski definition) is 4. The molecule has 1 N–H and O–H groups in total. The van der Waals surface area contributed by atoms with E-state index >= 15 is 0 Å². The van der Waals surface area contributed by atoms with Crippen LogP contribution in [0.4, 0.5) is 13.2 Å². The summed E-state index contributed by atoms with van der Waals surface area (Å²) in [6.45, 7) is 1.03. The normalized spacial score (nSPS) is 23.9. The summed E-state index contributed by atoms with van der Waals surface area (Å²) in [6.07, 6.45) is -6.61. The molecule has 10 heteroatoms. The monoisotopic (exact) mass is 330 g/mol. The first-order valence-corrected chi connectivity index (χ1v) is 6.79. The molecule has 0 spiro atoms. The molecule has 5 nitrogen and oxygen atoms in total. The first kappa shape index (κ1) is 15.3. The van der Waals surface area contributed by atoms with Crippen molar-refractivity contribution in [3.8, 4) is 0 Å². The van der Waals surface area contributed by atoms with Gasteiger partial charge in [0.05, 0.1) is 12.6 Å². The highest BCUT2D eigenvalue weighted by atomic mass is 35.5. The fourth-order valence-electron chi connectivity index (χ4n) is 2.00. The van der Waals surface area contributed by atoms with Crippen LogP contribution in [0.5, 0.6) is 0 Å². The van der Waals surface area contributed by atoms with E-state index < -0.39 is 29.8 Å². The van der Waals surface area contributed by atoms with Gasteiger partial charge in [-0.3, -0.25) is 14.0 Å². The van der Waals surface area contributed by atoms with Gasteiger partial charge in [0.25, 0.3) is 11.5 Å². The number of ether oxygens (including phenoxy) is 1. The number of aromatic nitrogens is 1. The zero-order valence-electron chi connectivity index (χ0n) is 10.2.